The van der Waals surface area contributed by atoms with Crippen LogP contribution in [-0.4, -0.2) is 118 Å². The van der Waals surface area contributed by atoms with Crippen LogP contribution in [0.1, 0.15) is 252 Å². The van der Waals surface area contributed by atoms with E-state index < -0.39 is 64.1 Å². The Bertz CT molecular complexity index is 4370. The van der Waals surface area contributed by atoms with E-state index in [1.165, 1.54) is 4.90 Å². The summed E-state index contributed by atoms with van der Waals surface area (Å²) in [5.74, 6) is 33.7. The molecule has 7 heterocycles. The number of hydrogen-bond acceptors (Lipinski definition) is 11. The van der Waals surface area contributed by atoms with E-state index in [1.807, 2.05) is 81.4 Å². The van der Waals surface area contributed by atoms with E-state index in [2.05, 4.69) is 234 Å². The highest BCUT2D eigenvalue weighted by atomic mass is 16.2. The molecule has 106 heavy (non-hydrogen) atoms. The quantitative estimate of drug-likeness (QED) is 0.101. The van der Waals surface area contributed by atoms with Gasteiger partial charge in [-0.3, -0.25) is 53.1 Å². The van der Waals surface area contributed by atoms with Crippen LogP contribution in [0.25, 0.3) is 0 Å². The van der Waals surface area contributed by atoms with Crippen LogP contribution < -0.4 is 16.0 Å². The maximum absolute atomic E-state index is 14.9. The van der Waals surface area contributed by atoms with Crippen molar-refractivity contribution in [1.82, 2.24) is 35.6 Å². The van der Waals surface area contributed by atoms with Gasteiger partial charge in [0.2, 0.25) is 47.3 Å². The number of piperidine rings is 3. The van der Waals surface area contributed by atoms with Crippen LogP contribution >= 0.6 is 0 Å². The highest BCUT2D eigenvalue weighted by Crippen LogP contribution is 2.53. The number of imide groups is 4. The van der Waals surface area contributed by atoms with Gasteiger partial charge in [0.1, 0.15) is 0 Å². The van der Waals surface area contributed by atoms with Crippen LogP contribution in [0, 0.1) is 166 Å². The van der Waals surface area contributed by atoms with Gasteiger partial charge in [-0.15, -0.1) is 6.42 Å². The summed E-state index contributed by atoms with van der Waals surface area (Å²) >= 11 is 0. The largest absolute Gasteiger partial charge is 0.307 e. The summed E-state index contributed by atoms with van der Waals surface area (Å²) in [5, 5.41) is 11.0. The molecule has 2 aromatic rings. The van der Waals surface area contributed by atoms with Crippen molar-refractivity contribution < 1.29 is 64.0 Å². The van der Waals surface area contributed by atoms with Crippen LogP contribution in [0.3, 0.4) is 0 Å². The Morgan fingerprint density at radius 3 is 1.19 bits per heavy atom. The fraction of sp³-hybridized carbons (Fsp3) is 0.582. The first-order valence-electron chi connectivity index (χ1n) is 38.0. The lowest BCUT2D eigenvalue weighted by atomic mass is 9.60. The van der Waals surface area contributed by atoms with Crippen LogP contribution in [0.4, 0.5) is 0 Å². The number of carbonyl (C=O) groups excluding carboxylic acids is 8. The second-order valence-corrected chi connectivity index (χ2v) is 35.7. The molecule has 7 saturated heterocycles. The van der Waals surface area contributed by atoms with E-state index in [1.54, 1.807) is 9.80 Å². The molecule has 0 bridgehead atoms. The molecule has 11 unspecified atom stereocenters. The molecule has 15 heteroatoms. The molecule has 2 aromatic carbocycles. The molecule has 0 aliphatic carbocycles. The Hall–Kier alpha value is -9.08. The lowest BCUT2D eigenvalue weighted by Gasteiger charge is -2.48. The van der Waals surface area contributed by atoms with Crippen LogP contribution in [0.15, 0.2) is 60.7 Å². The minimum Gasteiger partial charge on any atom is -0.307 e. The van der Waals surface area contributed by atoms with Crippen molar-refractivity contribution in [1.29, 1.82) is 0 Å². The molecule has 3 N–H and O–H groups in total. The fourth-order valence-corrected chi connectivity index (χ4v) is 19.4. The van der Waals surface area contributed by atoms with Crippen molar-refractivity contribution in [3.63, 3.8) is 0 Å². The molecule has 0 aromatic heterocycles. The predicted molar refractivity (Wildman–Crippen MR) is 454 cm³/mol. The maximum Gasteiger partial charge on any atom is 0.245 e. The van der Waals surface area contributed by atoms with E-state index in [0.29, 0.717) is 44.4 Å². The average molecular weight is 1470 g/mol. The molecule has 7 fully saturated rings. The van der Waals surface area contributed by atoms with Crippen LogP contribution in [0.5, 0.6) is 0 Å². The zero-order valence-electron chi connectivity index (χ0n) is 66.4. The van der Waals surface area contributed by atoms with Crippen molar-refractivity contribution in [2.45, 2.75) is 278 Å². The molecule has 15 nitrogen and oxygen atoms in total. The van der Waals surface area contributed by atoms with Crippen molar-refractivity contribution in [3.8, 4) is 107 Å². The molecule has 7 aliphatic heterocycles. The lowest BCUT2D eigenvalue weighted by Crippen LogP contribution is -2.63. The number of nitrogens with zero attached hydrogens (tertiary/aromatic N) is 4. The van der Waals surface area contributed by atoms with Crippen molar-refractivity contribution in [2.24, 2.45) is 59.2 Å². The van der Waals surface area contributed by atoms with Crippen molar-refractivity contribution in [3.05, 3.63) is 71.8 Å². The molecule has 0 saturated carbocycles. The first-order valence-corrected chi connectivity index (χ1v) is 38.0. The Balaban J connectivity index is -0.000000207. The predicted octanol–water partition coefficient (Wildman–Crippen LogP) is 16.0. The molecule has 0 radical (unpaired) electrons. The fourth-order valence-electron chi connectivity index (χ4n) is 19.4. The average Bonchev–Trinajstić information content (AvgIpc) is 1.57. The second kappa shape index (κ2) is 33.0. The van der Waals surface area contributed by atoms with Crippen molar-refractivity contribution >= 4 is 47.3 Å². The summed E-state index contributed by atoms with van der Waals surface area (Å²) < 4.78 is 0. The first-order chi connectivity index (χ1) is 49.5. The van der Waals surface area contributed by atoms with Gasteiger partial charge in [-0.1, -0.05) is 129 Å². The summed E-state index contributed by atoms with van der Waals surface area (Å²) in [7, 11) is 0. The lowest BCUT2D eigenvalue weighted by molar-refractivity contribution is -0.147. The van der Waals surface area contributed by atoms with Gasteiger partial charge in [0.25, 0.3) is 0 Å². The molecule has 9 rings (SSSR count). The zero-order valence-corrected chi connectivity index (χ0v) is 66.4. The van der Waals surface area contributed by atoms with E-state index in [4.69, 9.17) is 6.42 Å². The summed E-state index contributed by atoms with van der Waals surface area (Å²) in [4.78, 5) is 121. The van der Waals surface area contributed by atoms with Crippen LogP contribution in [0.2, 0.25) is 0 Å². The third-order valence-electron chi connectivity index (χ3n) is 23.2. The number of nitrogens with one attached hydrogen (secondary N) is 3. The van der Waals surface area contributed by atoms with Gasteiger partial charge in [-0.05, 0) is 223 Å². The highest BCUT2D eigenvalue weighted by molar-refractivity contribution is 6.09. The minimum atomic E-state index is -1.06. The minimum absolute atomic E-state index is 0. The van der Waals surface area contributed by atoms with Crippen LogP contribution in [-0.2, 0) is 49.2 Å². The number of benzene rings is 2. The third kappa shape index (κ3) is 19.2. The number of terminal acetylenes is 1. The summed E-state index contributed by atoms with van der Waals surface area (Å²) in [6.45, 7) is 41.7. The van der Waals surface area contributed by atoms with Gasteiger partial charge < -0.3 is 16.0 Å². The second-order valence-electron chi connectivity index (χ2n) is 35.7. The molecule has 7 aliphatic rings. The number of carbonyl (C=O) groups is 8. The van der Waals surface area contributed by atoms with Gasteiger partial charge in [0.15, 0.2) is 0 Å². The zero-order chi connectivity index (χ0) is 78.3. The molecular weight excluding hydrogens is 1320 g/mol. The number of hydrogen-bond donors (Lipinski definition) is 3. The van der Waals surface area contributed by atoms with E-state index in [9.17, 15) is 38.4 Å². The Kier molecular flexibility index (Phi) is 25.7. The third-order valence-corrected chi connectivity index (χ3v) is 23.2. The molecule has 594 valence electrons. The first kappa shape index (κ1) is 82.6. The SMILES string of the molecule is C#CC#CC#CC#CC#CC#CC#CC#CC#CN1C(=O)C(CC(C)(C)c2ccccc2)C(C(C)(CC2C(=O)N(C3CC(C)(C)NC(C)(C)C3)C(=O)C2C)c2ccccc2)C1=O.CCC(C)CC1C(=O)N(C2CC(C)(C)NC(C)(C)C2)C(=O)C1C(CC)CC1C(=O)N(C2CC(C)(C)NC(C)(C)C2)C(=O)C1C.[HH].[HH].[HH].[HH].[HH].[HH].[HH].[HH].[HH].[HH].[HH].[HH].[HH].[HH].[HH].[HH].[HH].[HH]. The standard InChI is InChI=1S/C55H49N3O4.C36H62N4O4.18H2/c1-10-11-12-13-14-15-16-17-18-19-20-21-22-23-24-31-36-57-49(60)46(39-52(3,4)42-32-27-25-28-33-42)47(51(57)62)55(9,43-34-29-26-30-35-43)40-45-41(2)48(59)58(50(45)61)44-37-53(5,6)56-54(7,8)38-44;1-13-21(3)15-27-28(32(44)40(31(27)43)25-19-35(9,10)38-36(11,12)20-25)23(14-2)16-26-22(4)29(41)39(30(26)42)24-17-33(5,6)37-34(7,8)18-24;;;;;;;;;;;;;;;;;;/h1,25-30,32-35,41,44-47,56H,37-40H2,2-9H3;21-28,37-38H,13-20H2,1-12H3;18*1H. The Morgan fingerprint density at radius 1 is 0.434 bits per heavy atom. The van der Waals surface area contributed by atoms with Crippen molar-refractivity contribution in [2.75, 3.05) is 0 Å². The Morgan fingerprint density at radius 2 is 0.792 bits per heavy atom. The molecular formula is C91H147N7O8. The molecule has 0 spiro atoms. The maximum atomic E-state index is 14.9. The summed E-state index contributed by atoms with van der Waals surface area (Å²) in [5.41, 5.74) is -1.15. The molecule has 11 atom stereocenters. The van der Waals surface area contributed by atoms with Gasteiger partial charge in [0.05, 0.1) is 35.5 Å². The normalized spacial score (nSPS) is 26.7. The van der Waals surface area contributed by atoms with E-state index in [-0.39, 0.29) is 131 Å². The van der Waals surface area contributed by atoms with Gasteiger partial charge in [-0.25, -0.2) is 4.90 Å². The number of amides is 8. The summed E-state index contributed by atoms with van der Waals surface area (Å²) in [6, 6.07) is 21.6. The van der Waals surface area contributed by atoms with Gasteiger partial charge in [-0.2, -0.15) is 0 Å². The highest BCUT2D eigenvalue weighted by Gasteiger charge is 2.62. The Labute approximate surface area is 660 Å². The van der Waals surface area contributed by atoms with E-state index >= 15 is 0 Å². The van der Waals surface area contributed by atoms with Gasteiger partial charge >= 0.3 is 0 Å². The number of likely N-dealkylation sites (tertiary alicyclic amines) is 4. The van der Waals surface area contributed by atoms with Gasteiger partial charge in [0, 0.05) is 148 Å². The smallest absolute Gasteiger partial charge is 0.245 e. The monoisotopic (exact) mass is 1470 g/mol. The topological polar surface area (TPSA) is 186 Å². The molecule has 8 amide bonds. The van der Waals surface area contributed by atoms with E-state index in [0.717, 1.165) is 48.1 Å². The summed E-state index contributed by atoms with van der Waals surface area (Å²) in [6.07, 6.45) is 12.4. The number of rotatable bonds is 17.